The van der Waals surface area contributed by atoms with E-state index in [4.69, 9.17) is 0 Å². The van der Waals surface area contributed by atoms with Gasteiger partial charge < -0.3 is 5.32 Å². The first kappa shape index (κ1) is 13.1. The molecule has 1 aromatic rings. The molecule has 19 heavy (non-hydrogen) atoms. The molecule has 0 aromatic heterocycles. The molecule has 3 rings (SSSR count). The Bertz CT molecular complexity index is 386. The third-order valence-electron chi connectivity index (χ3n) is 4.68. The largest absolute Gasteiger partial charge is 0.312 e. The molecule has 1 N–H and O–H groups in total. The Morgan fingerprint density at radius 2 is 2.00 bits per heavy atom. The minimum absolute atomic E-state index is 0.713. The lowest BCUT2D eigenvalue weighted by Crippen LogP contribution is -2.35. The van der Waals surface area contributed by atoms with E-state index in [9.17, 15) is 0 Å². The third-order valence-corrected chi connectivity index (χ3v) is 4.68. The van der Waals surface area contributed by atoms with Gasteiger partial charge in [-0.3, -0.25) is 4.90 Å². The van der Waals surface area contributed by atoms with E-state index in [1.54, 1.807) is 0 Å². The van der Waals surface area contributed by atoms with E-state index in [1.807, 2.05) is 0 Å². The van der Waals surface area contributed by atoms with E-state index in [-0.39, 0.29) is 0 Å². The molecule has 104 valence electrons. The summed E-state index contributed by atoms with van der Waals surface area (Å²) in [5.41, 5.74) is 1.44. The second-order valence-corrected chi connectivity index (χ2v) is 6.43. The van der Waals surface area contributed by atoms with E-state index in [2.05, 4.69) is 47.5 Å². The molecular weight excluding hydrogens is 232 g/mol. The van der Waals surface area contributed by atoms with Crippen molar-refractivity contribution < 1.29 is 0 Å². The maximum absolute atomic E-state index is 3.78. The Labute approximate surface area is 117 Å². The number of hydrogen-bond donors (Lipinski definition) is 1. The maximum Gasteiger partial charge on any atom is 0.0234 e. The summed E-state index contributed by atoms with van der Waals surface area (Å²) in [6.07, 6.45) is 4.24. The summed E-state index contributed by atoms with van der Waals surface area (Å²) in [6, 6.07) is 11.5. The molecule has 1 saturated carbocycles. The van der Waals surface area contributed by atoms with Crippen LogP contribution in [-0.4, -0.2) is 30.6 Å². The van der Waals surface area contributed by atoms with Gasteiger partial charge in [-0.1, -0.05) is 37.3 Å². The average molecular weight is 258 g/mol. The Hall–Kier alpha value is -0.860. The number of likely N-dealkylation sites (tertiary alicyclic amines) is 1. The standard InChI is InChI=1S/C17H26N2/c1-14(16-7-8-16)11-18-17-9-10-19(13-17)12-15-5-3-2-4-6-15/h2-6,14,16-18H,7-13H2,1H3. The van der Waals surface area contributed by atoms with Gasteiger partial charge in [-0.25, -0.2) is 0 Å². The van der Waals surface area contributed by atoms with Gasteiger partial charge in [0.1, 0.15) is 0 Å². The van der Waals surface area contributed by atoms with Gasteiger partial charge >= 0.3 is 0 Å². The molecule has 2 heteroatoms. The van der Waals surface area contributed by atoms with Crippen molar-refractivity contribution in [1.29, 1.82) is 0 Å². The molecule has 2 nitrogen and oxygen atoms in total. The predicted octanol–water partition coefficient (Wildman–Crippen LogP) is 2.90. The molecular formula is C17H26N2. The molecule has 0 radical (unpaired) electrons. The summed E-state index contributed by atoms with van der Waals surface area (Å²) in [5.74, 6) is 1.90. The van der Waals surface area contributed by atoms with Crippen LogP contribution in [0.25, 0.3) is 0 Å². The lowest BCUT2D eigenvalue weighted by Gasteiger charge is -2.18. The van der Waals surface area contributed by atoms with Crippen LogP contribution in [0.2, 0.25) is 0 Å². The lowest BCUT2D eigenvalue weighted by atomic mass is 10.1. The Morgan fingerprint density at radius 3 is 2.74 bits per heavy atom. The normalized spacial score (nSPS) is 25.6. The molecule has 1 heterocycles. The third kappa shape index (κ3) is 3.80. The van der Waals surface area contributed by atoms with Crippen LogP contribution in [0.1, 0.15) is 31.7 Å². The fraction of sp³-hybridized carbons (Fsp3) is 0.647. The smallest absolute Gasteiger partial charge is 0.0234 e. The fourth-order valence-electron chi connectivity index (χ4n) is 3.17. The van der Waals surface area contributed by atoms with Gasteiger partial charge in [0.05, 0.1) is 0 Å². The lowest BCUT2D eigenvalue weighted by molar-refractivity contribution is 0.316. The SMILES string of the molecule is CC(CNC1CCN(Cc2ccccc2)C1)C1CC1. The Morgan fingerprint density at radius 1 is 1.21 bits per heavy atom. The van der Waals surface area contributed by atoms with Crippen molar-refractivity contribution in [2.75, 3.05) is 19.6 Å². The zero-order valence-electron chi connectivity index (χ0n) is 12.0. The zero-order chi connectivity index (χ0) is 13.1. The summed E-state index contributed by atoms with van der Waals surface area (Å²) in [7, 11) is 0. The van der Waals surface area contributed by atoms with E-state index in [1.165, 1.54) is 44.5 Å². The molecule has 2 unspecified atom stereocenters. The van der Waals surface area contributed by atoms with E-state index in [0.29, 0.717) is 6.04 Å². The van der Waals surface area contributed by atoms with Crippen LogP contribution < -0.4 is 5.32 Å². The summed E-state index contributed by atoms with van der Waals surface area (Å²) in [4.78, 5) is 2.58. The van der Waals surface area contributed by atoms with Gasteiger partial charge in [0, 0.05) is 25.7 Å². The van der Waals surface area contributed by atoms with E-state index >= 15 is 0 Å². The minimum atomic E-state index is 0.713. The first-order chi connectivity index (χ1) is 9.31. The van der Waals surface area contributed by atoms with Crippen molar-refractivity contribution in [3.63, 3.8) is 0 Å². The molecule has 1 aliphatic carbocycles. The second-order valence-electron chi connectivity index (χ2n) is 6.43. The molecule has 2 aliphatic rings. The number of nitrogens with zero attached hydrogens (tertiary/aromatic N) is 1. The second kappa shape index (κ2) is 6.06. The van der Waals surface area contributed by atoms with Crippen LogP contribution in [0.5, 0.6) is 0 Å². The van der Waals surface area contributed by atoms with Crippen molar-refractivity contribution in [1.82, 2.24) is 10.2 Å². The van der Waals surface area contributed by atoms with Crippen molar-refractivity contribution in [2.45, 2.75) is 38.8 Å². The number of benzene rings is 1. The van der Waals surface area contributed by atoms with Gasteiger partial charge in [0.2, 0.25) is 0 Å². The maximum atomic E-state index is 3.78. The Balaban J connectivity index is 1.40. The molecule has 0 bridgehead atoms. The van der Waals surface area contributed by atoms with Crippen molar-refractivity contribution in [3.8, 4) is 0 Å². The highest BCUT2D eigenvalue weighted by molar-refractivity contribution is 5.14. The predicted molar refractivity (Wildman–Crippen MR) is 80.0 cm³/mol. The van der Waals surface area contributed by atoms with Gasteiger partial charge in [0.15, 0.2) is 0 Å². The molecule has 1 aromatic carbocycles. The van der Waals surface area contributed by atoms with Gasteiger partial charge in [-0.05, 0) is 43.2 Å². The molecule has 2 atom stereocenters. The molecule has 1 saturated heterocycles. The van der Waals surface area contributed by atoms with Crippen LogP contribution in [0.4, 0.5) is 0 Å². The molecule has 2 fully saturated rings. The van der Waals surface area contributed by atoms with Crippen LogP contribution in [-0.2, 0) is 6.54 Å². The average Bonchev–Trinajstić information content (AvgIpc) is 3.19. The number of hydrogen-bond acceptors (Lipinski definition) is 2. The molecule has 1 aliphatic heterocycles. The summed E-state index contributed by atoms with van der Waals surface area (Å²) in [6.45, 7) is 7.18. The van der Waals surface area contributed by atoms with Crippen molar-refractivity contribution in [3.05, 3.63) is 35.9 Å². The van der Waals surface area contributed by atoms with Gasteiger partial charge in [0.25, 0.3) is 0 Å². The van der Waals surface area contributed by atoms with Gasteiger partial charge in [-0.15, -0.1) is 0 Å². The molecule has 0 amide bonds. The quantitative estimate of drug-likeness (QED) is 0.844. The molecule has 0 spiro atoms. The summed E-state index contributed by atoms with van der Waals surface area (Å²) in [5, 5.41) is 3.78. The van der Waals surface area contributed by atoms with Crippen molar-refractivity contribution in [2.24, 2.45) is 11.8 Å². The van der Waals surface area contributed by atoms with Gasteiger partial charge in [-0.2, -0.15) is 0 Å². The fourth-order valence-corrected chi connectivity index (χ4v) is 3.17. The minimum Gasteiger partial charge on any atom is -0.312 e. The number of rotatable bonds is 6. The Kier molecular flexibility index (Phi) is 4.19. The zero-order valence-corrected chi connectivity index (χ0v) is 12.0. The van der Waals surface area contributed by atoms with Crippen molar-refractivity contribution >= 4 is 0 Å². The summed E-state index contributed by atoms with van der Waals surface area (Å²) >= 11 is 0. The first-order valence-corrected chi connectivity index (χ1v) is 7.81. The monoisotopic (exact) mass is 258 g/mol. The topological polar surface area (TPSA) is 15.3 Å². The van der Waals surface area contributed by atoms with Crippen LogP contribution in [0.15, 0.2) is 30.3 Å². The first-order valence-electron chi connectivity index (χ1n) is 7.81. The van der Waals surface area contributed by atoms with Crippen LogP contribution in [0, 0.1) is 11.8 Å². The van der Waals surface area contributed by atoms with Crippen LogP contribution in [0.3, 0.4) is 0 Å². The highest BCUT2D eigenvalue weighted by Gasteiger charge is 2.29. The van der Waals surface area contributed by atoms with Crippen LogP contribution >= 0.6 is 0 Å². The highest BCUT2D eigenvalue weighted by Crippen LogP contribution is 2.36. The van der Waals surface area contributed by atoms with E-state index < -0.39 is 0 Å². The highest BCUT2D eigenvalue weighted by atomic mass is 15.2. The van der Waals surface area contributed by atoms with E-state index in [0.717, 1.165) is 18.4 Å². The summed E-state index contributed by atoms with van der Waals surface area (Å²) < 4.78 is 0. The number of nitrogens with one attached hydrogen (secondary N) is 1.